The van der Waals surface area contributed by atoms with Crippen LogP contribution in [-0.2, 0) is 4.74 Å². The summed E-state index contributed by atoms with van der Waals surface area (Å²) < 4.78 is 6.14. The van der Waals surface area contributed by atoms with Crippen molar-refractivity contribution in [3.05, 3.63) is 34.5 Å². The lowest BCUT2D eigenvalue weighted by molar-refractivity contribution is 0.0908. The van der Waals surface area contributed by atoms with Crippen molar-refractivity contribution in [1.29, 1.82) is 0 Å². The second kappa shape index (κ2) is 13.2. The number of allylic oxidation sites excluding steroid dienone is 2. The Morgan fingerprint density at radius 3 is 2.73 bits per heavy atom. The van der Waals surface area contributed by atoms with E-state index in [9.17, 15) is 0 Å². The predicted octanol–water partition coefficient (Wildman–Crippen LogP) is 6.10. The van der Waals surface area contributed by atoms with Gasteiger partial charge in [0.25, 0.3) is 0 Å². The first-order chi connectivity index (χ1) is 14.4. The Bertz CT molecular complexity index is 629. The summed E-state index contributed by atoms with van der Waals surface area (Å²) in [6.07, 6.45) is 16.5. The van der Waals surface area contributed by atoms with Crippen molar-refractivity contribution in [2.45, 2.75) is 84.7 Å². The maximum absolute atomic E-state index is 6.61. The Morgan fingerprint density at radius 1 is 1.27 bits per heavy atom. The van der Waals surface area contributed by atoms with Crippen LogP contribution < -0.4 is 10.6 Å². The lowest BCUT2D eigenvalue weighted by Gasteiger charge is -2.34. The fourth-order valence-electron chi connectivity index (χ4n) is 4.12. The largest absolute Gasteiger partial charge is 0.475 e. The molecule has 0 radical (unpaired) electrons. The van der Waals surface area contributed by atoms with Gasteiger partial charge in [-0.3, -0.25) is 4.99 Å². The van der Waals surface area contributed by atoms with Gasteiger partial charge < -0.3 is 15.4 Å². The van der Waals surface area contributed by atoms with E-state index in [2.05, 4.69) is 48.5 Å². The molecule has 0 aromatic rings. The van der Waals surface area contributed by atoms with E-state index in [1.54, 1.807) is 0 Å². The van der Waals surface area contributed by atoms with E-state index in [0.29, 0.717) is 11.5 Å². The van der Waals surface area contributed by atoms with E-state index in [-0.39, 0.29) is 0 Å². The third-order valence-electron chi connectivity index (χ3n) is 6.08. The average molecular weight is 436 g/mol. The zero-order valence-electron chi connectivity index (χ0n) is 19.5. The van der Waals surface area contributed by atoms with E-state index in [1.807, 2.05) is 13.1 Å². The van der Waals surface area contributed by atoms with Gasteiger partial charge in [0.15, 0.2) is 0 Å². The molecular weight excluding hydrogens is 394 g/mol. The molecule has 1 saturated heterocycles. The molecule has 1 aliphatic heterocycles. The van der Waals surface area contributed by atoms with Crippen molar-refractivity contribution < 1.29 is 4.74 Å². The highest BCUT2D eigenvalue weighted by molar-refractivity contribution is 6.32. The number of ether oxygens (including phenoxy) is 1. The van der Waals surface area contributed by atoms with Crippen LogP contribution in [0, 0.1) is 5.41 Å². The number of nitrogens with one attached hydrogen (secondary N) is 2. The molecule has 2 fully saturated rings. The minimum Gasteiger partial charge on any atom is -0.475 e. The smallest absolute Gasteiger partial charge is 0.208 e. The van der Waals surface area contributed by atoms with Crippen LogP contribution in [0.5, 0.6) is 0 Å². The van der Waals surface area contributed by atoms with Gasteiger partial charge in [0, 0.05) is 13.6 Å². The lowest BCUT2D eigenvalue weighted by Crippen LogP contribution is -2.28. The Labute approximate surface area is 189 Å². The number of aliphatic imine (C=N–C) groups is 1. The topological polar surface area (TPSA) is 45.7 Å². The Kier molecular flexibility index (Phi) is 11.0. The van der Waals surface area contributed by atoms with Gasteiger partial charge in [-0.1, -0.05) is 44.5 Å². The first-order valence-corrected chi connectivity index (χ1v) is 12.2. The minimum absolute atomic E-state index is 0.303. The van der Waals surface area contributed by atoms with Crippen LogP contribution in [0.15, 0.2) is 39.5 Å². The van der Waals surface area contributed by atoms with Crippen LogP contribution in [-0.4, -0.2) is 38.7 Å². The van der Waals surface area contributed by atoms with Gasteiger partial charge in [-0.15, -0.1) is 0 Å². The van der Waals surface area contributed by atoms with Crippen LogP contribution in [0.4, 0.5) is 0 Å². The van der Waals surface area contributed by atoms with E-state index in [4.69, 9.17) is 16.3 Å². The van der Waals surface area contributed by atoms with Gasteiger partial charge in [-0.25, -0.2) is 0 Å². The SMILES string of the molecule is CC/C=C(Cl)\C(NCC/C=C\C(=NC)OC1CCC(C)(C)CC1)=C1/CCCNCC1. The van der Waals surface area contributed by atoms with Crippen LogP contribution in [0.3, 0.4) is 0 Å². The van der Waals surface area contributed by atoms with Crippen LogP contribution >= 0.6 is 11.6 Å². The van der Waals surface area contributed by atoms with Gasteiger partial charge in [-0.05, 0) is 87.9 Å². The lowest BCUT2D eigenvalue weighted by atomic mass is 9.76. The number of halogens is 1. The first kappa shape index (κ1) is 25.0. The zero-order valence-corrected chi connectivity index (χ0v) is 20.3. The van der Waals surface area contributed by atoms with Gasteiger partial charge in [0.05, 0.1) is 10.7 Å². The normalized spacial score (nSPS) is 23.4. The van der Waals surface area contributed by atoms with Crippen molar-refractivity contribution in [1.82, 2.24) is 10.6 Å². The standard InChI is InChI=1S/C25H42ClN3O/c1-5-9-22(26)24(20-10-8-17-28-19-14-20)29-18-7-6-11-23(27-4)30-21-12-15-25(2,3)16-13-21/h6,9,11,21,28-29H,5,7-8,10,12-19H2,1-4H3/b11-6-,22-9+,24-20-,27-23?. The maximum atomic E-state index is 6.61. The second-order valence-electron chi connectivity index (χ2n) is 9.20. The highest BCUT2D eigenvalue weighted by Gasteiger charge is 2.28. The Morgan fingerprint density at radius 2 is 2.03 bits per heavy atom. The zero-order chi connectivity index (χ0) is 21.8. The molecule has 2 N–H and O–H groups in total. The fraction of sp³-hybridized carbons (Fsp3) is 0.720. The van der Waals surface area contributed by atoms with Gasteiger partial charge in [-0.2, -0.15) is 0 Å². The van der Waals surface area contributed by atoms with Crippen molar-refractivity contribution in [2.75, 3.05) is 26.7 Å². The van der Waals surface area contributed by atoms with E-state index in [0.717, 1.165) is 74.8 Å². The summed E-state index contributed by atoms with van der Waals surface area (Å²) in [7, 11) is 1.81. The highest BCUT2D eigenvalue weighted by Crippen LogP contribution is 2.36. The van der Waals surface area contributed by atoms with E-state index < -0.39 is 0 Å². The van der Waals surface area contributed by atoms with Crippen molar-refractivity contribution in [3.8, 4) is 0 Å². The first-order valence-electron chi connectivity index (χ1n) is 11.8. The summed E-state index contributed by atoms with van der Waals surface area (Å²) in [5.74, 6) is 0.747. The van der Waals surface area contributed by atoms with Crippen LogP contribution in [0.1, 0.15) is 78.6 Å². The summed E-state index contributed by atoms with van der Waals surface area (Å²) in [6.45, 7) is 9.80. The molecule has 0 atom stereocenters. The number of hydrogen-bond donors (Lipinski definition) is 2. The Balaban J connectivity index is 1.84. The molecule has 2 aliphatic rings. The number of hydrogen-bond acceptors (Lipinski definition) is 4. The molecule has 5 heteroatoms. The molecule has 1 heterocycles. The quantitative estimate of drug-likeness (QED) is 0.275. The molecule has 170 valence electrons. The van der Waals surface area contributed by atoms with Gasteiger partial charge >= 0.3 is 0 Å². The van der Waals surface area contributed by atoms with Crippen molar-refractivity contribution in [2.24, 2.45) is 10.4 Å². The van der Waals surface area contributed by atoms with Gasteiger partial charge in [0.1, 0.15) is 6.10 Å². The summed E-state index contributed by atoms with van der Waals surface area (Å²) in [6, 6.07) is 0. The third-order valence-corrected chi connectivity index (χ3v) is 6.42. The summed E-state index contributed by atoms with van der Waals surface area (Å²) in [4.78, 5) is 4.33. The van der Waals surface area contributed by atoms with Crippen molar-refractivity contribution >= 4 is 17.5 Å². The average Bonchev–Trinajstić information content (AvgIpc) is 3.00. The fourth-order valence-corrected chi connectivity index (χ4v) is 4.47. The number of nitrogens with zero attached hydrogens (tertiary/aromatic N) is 1. The molecule has 0 unspecified atom stereocenters. The maximum Gasteiger partial charge on any atom is 0.208 e. The summed E-state index contributed by atoms with van der Waals surface area (Å²) in [5.41, 5.74) is 3.04. The van der Waals surface area contributed by atoms with Gasteiger partial charge in [0.2, 0.25) is 5.90 Å². The second-order valence-corrected chi connectivity index (χ2v) is 9.61. The third kappa shape index (κ3) is 8.85. The summed E-state index contributed by atoms with van der Waals surface area (Å²) in [5, 5.41) is 7.94. The molecule has 0 spiro atoms. The minimum atomic E-state index is 0.303. The molecule has 0 aromatic heterocycles. The molecule has 2 rings (SSSR count). The monoisotopic (exact) mass is 435 g/mol. The van der Waals surface area contributed by atoms with E-state index >= 15 is 0 Å². The van der Waals surface area contributed by atoms with Crippen molar-refractivity contribution in [3.63, 3.8) is 0 Å². The van der Waals surface area contributed by atoms with Crippen LogP contribution in [0.25, 0.3) is 0 Å². The molecule has 0 bridgehead atoms. The summed E-state index contributed by atoms with van der Waals surface area (Å²) >= 11 is 6.61. The van der Waals surface area contributed by atoms with Crippen LogP contribution in [0.2, 0.25) is 0 Å². The molecule has 0 aromatic carbocycles. The number of rotatable bonds is 8. The Hall–Kier alpha value is -1.26. The molecule has 30 heavy (non-hydrogen) atoms. The molecule has 4 nitrogen and oxygen atoms in total. The molecule has 1 aliphatic carbocycles. The highest BCUT2D eigenvalue weighted by atomic mass is 35.5. The predicted molar refractivity (Wildman–Crippen MR) is 130 cm³/mol. The molecule has 1 saturated carbocycles. The van der Waals surface area contributed by atoms with E-state index in [1.165, 1.54) is 24.8 Å². The molecule has 0 amide bonds. The molecular formula is C25H42ClN3O.